The van der Waals surface area contributed by atoms with E-state index in [2.05, 4.69) is 15.9 Å². The summed E-state index contributed by atoms with van der Waals surface area (Å²) in [5.41, 5.74) is 0.0931. The summed E-state index contributed by atoms with van der Waals surface area (Å²) in [7, 11) is 0. The molecule has 6 heteroatoms. The summed E-state index contributed by atoms with van der Waals surface area (Å²) in [5, 5.41) is 17.1. The monoisotopic (exact) mass is 295 g/mol. The van der Waals surface area contributed by atoms with E-state index in [1.807, 2.05) is 0 Å². The number of amides is 1. The van der Waals surface area contributed by atoms with Crippen LogP contribution in [0.15, 0.2) is 22.7 Å². The molecule has 0 aliphatic heterocycles. The summed E-state index contributed by atoms with van der Waals surface area (Å²) in [5.74, 6) is -1.11. The predicted molar refractivity (Wildman–Crippen MR) is 61.2 cm³/mol. The molecule has 0 radical (unpaired) electrons. The van der Waals surface area contributed by atoms with E-state index in [1.165, 1.54) is 12.1 Å². The summed E-state index contributed by atoms with van der Waals surface area (Å²) >= 11 is 3.12. The first kappa shape index (κ1) is 13.1. The van der Waals surface area contributed by atoms with E-state index in [1.54, 1.807) is 12.1 Å². The Morgan fingerprint density at radius 1 is 1.35 bits per heavy atom. The minimum Gasteiger partial charge on any atom is -0.312 e. The largest absolute Gasteiger partial charge is 0.312 e. The molecule has 1 aromatic rings. The van der Waals surface area contributed by atoms with Crippen LogP contribution in [-0.2, 0) is 0 Å². The maximum atomic E-state index is 13.0. The van der Waals surface area contributed by atoms with Gasteiger partial charge in [0.05, 0.1) is 17.7 Å². The second-order valence-corrected chi connectivity index (χ2v) is 3.96. The van der Waals surface area contributed by atoms with E-state index in [9.17, 15) is 9.18 Å². The van der Waals surface area contributed by atoms with Gasteiger partial charge in [0.15, 0.2) is 0 Å². The molecule has 0 heterocycles. The fraction of sp³-hybridized carbons (Fsp3) is 0.182. The molecule has 1 aromatic carbocycles. The predicted octanol–water partition coefficient (Wildman–Crippen LogP) is 2.08. The molecular weight excluding hydrogens is 289 g/mol. The van der Waals surface area contributed by atoms with Crippen molar-refractivity contribution in [1.82, 2.24) is 4.90 Å². The zero-order chi connectivity index (χ0) is 12.8. The van der Waals surface area contributed by atoms with Crippen LogP contribution in [0.4, 0.5) is 4.39 Å². The van der Waals surface area contributed by atoms with Crippen molar-refractivity contribution in [1.29, 1.82) is 10.5 Å². The van der Waals surface area contributed by atoms with Gasteiger partial charge in [0, 0.05) is 4.47 Å². The highest BCUT2D eigenvalue weighted by Crippen LogP contribution is 2.19. The van der Waals surface area contributed by atoms with Crippen LogP contribution in [0, 0.1) is 28.5 Å². The molecule has 0 spiro atoms. The van der Waals surface area contributed by atoms with Crippen molar-refractivity contribution in [2.75, 3.05) is 13.1 Å². The molecule has 0 saturated heterocycles. The third-order valence-electron chi connectivity index (χ3n) is 1.97. The Labute approximate surface area is 106 Å². The quantitative estimate of drug-likeness (QED) is 0.802. The zero-order valence-electron chi connectivity index (χ0n) is 8.65. The number of rotatable bonds is 3. The van der Waals surface area contributed by atoms with Gasteiger partial charge >= 0.3 is 0 Å². The fourth-order valence-electron chi connectivity index (χ4n) is 1.20. The molecule has 1 rings (SSSR count). The fourth-order valence-corrected chi connectivity index (χ4v) is 1.62. The lowest BCUT2D eigenvalue weighted by Crippen LogP contribution is -2.32. The van der Waals surface area contributed by atoms with Gasteiger partial charge in [-0.2, -0.15) is 10.5 Å². The van der Waals surface area contributed by atoms with E-state index in [-0.39, 0.29) is 18.7 Å². The van der Waals surface area contributed by atoms with Crippen molar-refractivity contribution in [2.45, 2.75) is 0 Å². The topological polar surface area (TPSA) is 67.9 Å². The molecule has 0 saturated carbocycles. The molecule has 17 heavy (non-hydrogen) atoms. The summed E-state index contributed by atoms with van der Waals surface area (Å²) in [4.78, 5) is 13.0. The van der Waals surface area contributed by atoms with Gasteiger partial charge in [-0.3, -0.25) is 4.79 Å². The Hall–Kier alpha value is -1.92. The first-order valence-corrected chi connectivity index (χ1v) is 5.37. The van der Waals surface area contributed by atoms with Crippen LogP contribution in [0.1, 0.15) is 10.4 Å². The van der Waals surface area contributed by atoms with Gasteiger partial charge in [0.1, 0.15) is 18.9 Å². The Balaban J connectivity index is 3.06. The number of carbonyl (C=O) groups excluding carboxylic acids is 1. The smallest absolute Gasteiger partial charge is 0.256 e. The van der Waals surface area contributed by atoms with E-state index in [0.29, 0.717) is 4.47 Å². The number of halogens is 2. The van der Waals surface area contributed by atoms with Gasteiger partial charge in [-0.1, -0.05) is 0 Å². The van der Waals surface area contributed by atoms with Crippen LogP contribution in [0.25, 0.3) is 0 Å². The summed E-state index contributed by atoms with van der Waals surface area (Å²) < 4.78 is 13.4. The third-order valence-corrected chi connectivity index (χ3v) is 2.66. The molecule has 86 valence electrons. The second-order valence-electron chi connectivity index (χ2n) is 3.10. The minimum absolute atomic E-state index is 0.0931. The maximum Gasteiger partial charge on any atom is 0.256 e. The first-order valence-electron chi connectivity index (χ1n) is 4.58. The normalized spacial score (nSPS) is 9.18. The van der Waals surface area contributed by atoms with Crippen LogP contribution < -0.4 is 0 Å². The molecule has 0 aliphatic rings. The standard InChI is InChI=1S/C11H7BrFN3O/c12-10-2-1-8(13)7-9(10)11(17)16(5-3-14)6-4-15/h1-2,7H,5-6H2. The third kappa shape index (κ3) is 3.27. The Morgan fingerprint density at radius 2 is 1.94 bits per heavy atom. The van der Waals surface area contributed by atoms with Gasteiger partial charge < -0.3 is 4.90 Å². The highest BCUT2D eigenvalue weighted by atomic mass is 79.9. The van der Waals surface area contributed by atoms with Gasteiger partial charge in [-0.25, -0.2) is 4.39 Å². The number of hydrogen-bond acceptors (Lipinski definition) is 3. The summed E-state index contributed by atoms with van der Waals surface area (Å²) in [6.45, 7) is -0.426. The van der Waals surface area contributed by atoms with Crippen molar-refractivity contribution in [3.63, 3.8) is 0 Å². The molecule has 0 fully saturated rings. The molecule has 0 aliphatic carbocycles. The lowest BCUT2D eigenvalue weighted by Gasteiger charge is -2.16. The molecule has 1 amide bonds. The van der Waals surface area contributed by atoms with E-state index in [4.69, 9.17) is 10.5 Å². The van der Waals surface area contributed by atoms with Crippen LogP contribution in [0.3, 0.4) is 0 Å². The van der Waals surface area contributed by atoms with E-state index in [0.717, 1.165) is 11.0 Å². The number of benzene rings is 1. The lowest BCUT2D eigenvalue weighted by molar-refractivity contribution is 0.0793. The Morgan fingerprint density at radius 3 is 2.47 bits per heavy atom. The maximum absolute atomic E-state index is 13.0. The van der Waals surface area contributed by atoms with Crippen LogP contribution in [0.2, 0.25) is 0 Å². The molecule has 0 atom stereocenters. The Bertz CT molecular complexity index is 502. The average molecular weight is 296 g/mol. The summed E-state index contributed by atoms with van der Waals surface area (Å²) in [6, 6.07) is 7.24. The molecule has 0 aromatic heterocycles. The van der Waals surface area contributed by atoms with Gasteiger partial charge in [-0.15, -0.1) is 0 Å². The van der Waals surface area contributed by atoms with Crippen LogP contribution in [-0.4, -0.2) is 23.9 Å². The van der Waals surface area contributed by atoms with Crippen LogP contribution >= 0.6 is 15.9 Å². The number of nitrogens with zero attached hydrogens (tertiary/aromatic N) is 3. The van der Waals surface area contributed by atoms with Crippen LogP contribution in [0.5, 0.6) is 0 Å². The molecule has 0 unspecified atom stereocenters. The highest BCUT2D eigenvalue weighted by molar-refractivity contribution is 9.10. The number of carbonyl (C=O) groups is 1. The van der Waals surface area contributed by atoms with Gasteiger partial charge in [0.2, 0.25) is 0 Å². The SMILES string of the molecule is N#CCN(CC#N)C(=O)c1cc(F)ccc1Br. The van der Waals surface area contributed by atoms with Crippen molar-refractivity contribution in [3.8, 4) is 12.1 Å². The van der Waals surface area contributed by atoms with Crippen molar-refractivity contribution in [3.05, 3.63) is 34.1 Å². The second kappa shape index (κ2) is 5.97. The average Bonchev–Trinajstić information content (AvgIpc) is 2.31. The van der Waals surface area contributed by atoms with Crippen molar-refractivity contribution < 1.29 is 9.18 Å². The molecular formula is C11H7BrFN3O. The summed E-state index contributed by atoms with van der Waals surface area (Å²) in [6.07, 6.45) is 0. The van der Waals surface area contributed by atoms with Crippen molar-refractivity contribution in [2.24, 2.45) is 0 Å². The highest BCUT2D eigenvalue weighted by Gasteiger charge is 2.18. The number of hydrogen-bond donors (Lipinski definition) is 0. The molecule has 0 bridgehead atoms. The molecule has 0 N–H and O–H groups in total. The minimum atomic E-state index is -0.556. The van der Waals surface area contributed by atoms with E-state index >= 15 is 0 Å². The zero-order valence-corrected chi connectivity index (χ0v) is 10.2. The lowest BCUT2D eigenvalue weighted by atomic mass is 10.2. The molecule has 4 nitrogen and oxygen atoms in total. The van der Waals surface area contributed by atoms with Gasteiger partial charge in [0.25, 0.3) is 5.91 Å². The first-order chi connectivity index (χ1) is 8.10. The van der Waals surface area contributed by atoms with E-state index < -0.39 is 11.7 Å². The van der Waals surface area contributed by atoms with Crippen molar-refractivity contribution >= 4 is 21.8 Å². The Kier molecular flexibility index (Phi) is 4.62. The number of nitriles is 2. The van der Waals surface area contributed by atoms with Gasteiger partial charge in [-0.05, 0) is 34.1 Å².